The Hall–Kier alpha value is -0.430. The molecule has 1 aromatic heterocycles. The molecule has 1 aliphatic heterocycles. The van der Waals surface area contributed by atoms with Crippen LogP contribution in [0.5, 0.6) is 0 Å². The molecule has 0 radical (unpaired) electrons. The first-order valence-electron chi connectivity index (χ1n) is 9.80. The van der Waals surface area contributed by atoms with E-state index in [1.807, 2.05) is 13.8 Å². The van der Waals surface area contributed by atoms with Crippen LogP contribution in [0.1, 0.15) is 44.5 Å². The van der Waals surface area contributed by atoms with Crippen LogP contribution in [0.2, 0.25) is 0 Å². The molecule has 1 atom stereocenters. The molecule has 3 N–H and O–H groups in total. The summed E-state index contributed by atoms with van der Waals surface area (Å²) in [7, 11) is -1.54. The topological polar surface area (TPSA) is 85.8 Å². The third-order valence-electron chi connectivity index (χ3n) is 4.98. The van der Waals surface area contributed by atoms with Gasteiger partial charge >= 0.3 is 0 Å². The van der Waals surface area contributed by atoms with Crippen molar-refractivity contribution in [1.82, 2.24) is 20.3 Å². The average Bonchev–Trinajstić information content (AvgIpc) is 3.11. The van der Waals surface area contributed by atoms with Gasteiger partial charge in [-0.05, 0) is 57.1 Å². The molecule has 0 saturated carbocycles. The van der Waals surface area contributed by atoms with Gasteiger partial charge in [0.1, 0.15) is 0 Å². The zero-order valence-electron chi connectivity index (χ0n) is 18.1. The molecule has 1 unspecified atom stereocenters. The number of rotatable bonds is 8. The summed E-state index contributed by atoms with van der Waals surface area (Å²) in [6, 6.07) is 4.62. The molecular weight excluding hydrogens is 521 g/mol. The summed E-state index contributed by atoms with van der Waals surface area (Å²) >= 11 is 1.79. The van der Waals surface area contributed by atoms with Gasteiger partial charge < -0.3 is 10.6 Å². The standard InChI is InChI=1S/C19H35N5O2S2.HI/c1-15-8-10-24(11-9-15)16(17-7-6-12-27-17)13-21-18(20-4)22-14-19(2,3)23-28(5,25)26;/h6-7,12,15-16,23H,8-11,13-14H2,1-5H3,(H2,20,21,22);1H. The normalized spacial score (nSPS) is 18.2. The quantitative estimate of drug-likeness (QED) is 0.260. The molecule has 1 aromatic rings. The second kappa shape index (κ2) is 11.8. The van der Waals surface area contributed by atoms with Crippen LogP contribution < -0.4 is 15.4 Å². The predicted molar refractivity (Wildman–Crippen MR) is 134 cm³/mol. The smallest absolute Gasteiger partial charge is 0.209 e. The lowest BCUT2D eigenvalue weighted by Gasteiger charge is -2.36. The fourth-order valence-electron chi connectivity index (χ4n) is 3.49. The highest BCUT2D eigenvalue weighted by Crippen LogP contribution is 2.29. The van der Waals surface area contributed by atoms with Crippen molar-refractivity contribution < 1.29 is 8.42 Å². The van der Waals surface area contributed by atoms with Gasteiger partial charge in [-0.15, -0.1) is 35.3 Å². The molecule has 168 valence electrons. The maximum atomic E-state index is 11.5. The van der Waals surface area contributed by atoms with Gasteiger partial charge in [-0.3, -0.25) is 9.89 Å². The molecule has 1 fully saturated rings. The van der Waals surface area contributed by atoms with Gasteiger partial charge in [0.05, 0.1) is 12.3 Å². The number of aliphatic imine (C=N–C) groups is 1. The summed E-state index contributed by atoms with van der Waals surface area (Å²) < 4.78 is 25.7. The molecule has 2 heterocycles. The van der Waals surface area contributed by atoms with Crippen LogP contribution in [0.4, 0.5) is 0 Å². The number of sulfonamides is 1. The highest BCUT2D eigenvalue weighted by molar-refractivity contribution is 14.0. The Labute approximate surface area is 197 Å². The lowest BCUT2D eigenvalue weighted by atomic mass is 9.97. The summed E-state index contributed by atoms with van der Waals surface area (Å²) in [6.45, 7) is 9.44. The third kappa shape index (κ3) is 9.50. The maximum Gasteiger partial charge on any atom is 0.209 e. The molecule has 1 saturated heterocycles. The van der Waals surface area contributed by atoms with Gasteiger partial charge in [-0.2, -0.15) is 0 Å². The van der Waals surface area contributed by atoms with Crippen LogP contribution in [0.15, 0.2) is 22.5 Å². The first kappa shape index (κ1) is 26.6. The minimum Gasteiger partial charge on any atom is -0.355 e. The Kier molecular flexibility index (Phi) is 10.8. The number of piperidine rings is 1. The molecule has 0 bridgehead atoms. The molecule has 1 aliphatic rings. The average molecular weight is 558 g/mol. The van der Waals surface area contributed by atoms with E-state index in [1.54, 1.807) is 18.4 Å². The van der Waals surface area contributed by atoms with E-state index < -0.39 is 15.6 Å². The summed E-state index contributed by atoms with van der Waals surface area (Å²) in [5.41, 5.74) is -0.610. The molecule has 0 aliphatic carbocycles. The van der Waals surface area contributed by atoms with E-state index in [4.69, 9.17) is 0 Å². The van der Waals surface area contributed by atoms with E-state index >= 15 is 0 Å². The second-order valence-electron chi connectivity index (χ2n) is 8.31. The van der Waals surface area contributed by atoms with Crippen LogP contribution in [-0.4, -0.2) is 64.3 Å². The number of halogens is 1. The van der Waals surface area contributed by atoms with Crippen LogP contribution in [0, 0.1) is 5.92 Å². The summed E-state index contributed by atoms with van der Waals surface area (Å²) in [4.78, 5) is 8.21. The van der Waals surface area contributed by atoms with E-state index in [2.05, 4.69) is 49.7 Å². The Morgan fingerprint density at radius 3 is 2.52 bits per heavy atom. The monoisotopic (exact) mass is 557 g/mol. The molecule has 7 nitrogen and oxygen atoms in total. The van der Waals surface area contributed by atoms with Crippen molar-refractivity contribution >= 4 is 51.3 Å². The number of hydrogen-bond acceptors (Lipinski definition) is 5. The second-order valence-corrected chi connectivity index (χ2v) is 11.0. The van der Waals surface area contributed by atoms with Gasteiger partial charge in [0.2, 0.25) is 10.0 Å². The molecular formula is C19H36IN5O2S2. The SMILES string of the molecule is CN=C(NCC(c1cccs1)N1CCC(C)CC1)NCC(C)(C)NS(C)(=O)=O.I. The van der Waals surface area contributed by atoms with E-state index in [0.717, 1.165) is 25.6 Å². The van der Waals surface area contributed by atoms with Gasteiger partial charge in [0.15, 0.2) is 5.96 Å². The Morgan fingerprint density at radius 2 is 2.00 bits per heavy atom. The minimum absolute atomic E-state index is 0. The fraction of sp³-hybridized carbons (Fsp3) is 0.737. The number of guanidine groups is 1. The van der Waals surface area contributed by atoms with Crippen molar-refractivity contribution in [3.8, 4) is 0 Å². The molecule has 0 aromatic carbocycles. The van der Waals surface area contributed by atoms with Crippen LogP contribution >= 0.6 is 35.3 Å². The summed E-state index contributed by atoms with van der Waals surface area (Å²) in [6.07, 6.45) is 3.65. The van der Waals surface area contributed by atoms with Crippen molar-refractivity contribution in [2.75, 3.05) is 39.5 Å². The van der Waals surface area contributed by atoms with E-state index in [-0.39, 0.29) is 24.0 Å². The highest BCUT2D eigenvalue weighted by Gasteiger charge is 2.26. The number of hydrogen-bond donors (Lipinski definition) is 3. The van der Waals surface area contributed by atoms with Crippen molar-refractivity contribution in [3.05, 3.63) is 22.4 Å². The van der Waals surface area contributed by atoms with E-state index in [1.165, 1.54) is 24.0 Å². The fourth-order valence-corrected chi connectivity index (χ4v) is 5.42. The zero-order valence-corrected chi connectivity index (χ0v) is 22.0. The largest absolute Gasteiger partial charge is 0.355 e. The molecule has 2 rings (SSSR count). The van der Waals surface area contributed by atoms with Crippen molar-refractivity contribution in [2.24, 2.45) is 10.9 Å². The maximum absolute atomic E-state index is 11.5. The molecule has 10 heteroatoms. The van der Waals surface area contributed by atoms with Crippen LogP contribution in [0.3, 0.4) is 0 Å². The zero-order chi connectivity index (χ0) is 20.8. The lowest BCUT2D eigenvalue weighted by Crippen LogP contribution is -2.53. The Balaban J connectivity index is 0.00000420. The third-order valence-corrected chi connectivity index (χ3v) is 6.87. The Morgan fingerprint density at radius 1 is 1.34 bits per heavy atom. The first-order chi connectivity index (χ1) is 13.1. The number of nitrogens with one attached hydrogen (secondary N) is 3. The van der Waals surface area contributed by atoms with E-state index in [0.29, 0.717) is 18.5 Å². The number of nitrogens with zero attached hydrogens (tertiary/aromatic N) is 2. The van der Waals surface area contributed by atoms with Crippen LogP contribution in [0.25, 0.3) is 0 Å². The molecule has 0 spiro atoms. The van der Waals surface area contributed by atoms with Gasteiger partial charge in [-0.25, -0.2) is 13.1 Å². The van der Waals surface area contributed by atoms with Crippen molar-refractivity contribution in [2.45, 2.75) is 45.2 Å². The highest BCUT2D eigenvalue weighted by atomic mass is 127. The lowest BCUT2D eigenvalue weighted by molar-refractivity contribution is 0.140. The Bertz CT molecular complexity index is 730. The van der Waals surface area contributed by atoms with Gasteiger partial charge in [0, 0.05) is 30.6 Å². The predicted octanol–water partition coefficient (Wildman–Crippen LogP) is 2.63. The van der Waals surface area contributed by atoms with Gasteiger partial charge in [-0.1, -0.05) is 13.0 Å². The van der Waals surface area contributed by atoms with E-state index in [9.17, 15) is 8.42 Å². The van der Waals surface area contributed by atoms with Crippen molar-refractivity contribution in [1.29, 1.82) is 0 Å². The summed E-state index contributed by atoms with van der Waals surface area (Å²) in [5, 5.41) is 8.79. The van der Waals surface area contributed by atoms with Gasteiger partial charge in [0.25, 0.3) is 0 Å². The summed E-state index contributed by atoms with van der Waals surface area (Å²) in [5.74, 6) is 1.47. The van der Waals surface area contributed by atoms with Crippen LogP contribution in [-0.2, 0) is 10.0 Å². The van der Waals surface area contributed by atoms with Crippen molar-refractivity contribution in [3.63, 3.8) is 0 Å². The first-order valence-corrected chi connectivity index (χ1v) is 12.6. The molecule has 29 heavy (non-hydrogen) atoms. The number of thiophene rings is 1. The molecule has 0 amide bonds. The minimum atomic E-state index is -3.27. The number of likely N-dealkylation sites (tertiary alicyclic amines) is 1.